The first-order valence-corrected chi connectivity index (χ1v) is 21.1. The van der Waals surface area contributed by atoms with Gasteiger partial charge >= 0.3 is 17.1 Å². The summed E-state index contributed by atoms with van der Waals surface area (Å²) in [4.78, 5) is 0. The van der Waals surface area contributed by atoms with Crippen LogP contribution in [0.5, 0.6) is 0 Å². The Morgan fingerprint density at radius 1 is 0.390 bits per heavy atom. The monoisotopic (exact) mass is 734 g/mol. The summed E-state index contributed by atoms with van der Waals surface area (Å²) in [7, 11) is -8.07. The molecule has 1 rings (SSSR count). The average Bonchev–Trinajstić information content (AvgIpc) is 2.96. The third-order valence-corrected chi connectivity index (χ3v) is 16.1. The van der Waals surface area contributed by atoms with Crippen LogP contribution in [0.2, 0.25) is 58.9 Å². The van der Waals surface area contributed by atoms with Gasteiger partial charge in [-0.15, -0.1) is 0 Å². The summed E-state index contributed by atoms with van der Waals surface area (Å²) >= 11 is 0. The fourth-order valence-electron chi connectivity index (χ4n) is 2.69. The van der Waals surface area contributed by atoms with Crippen LogP contribution >= 0.6 is 0 Å². The number of benzene rings is 1. The zero-order valence-electron chi connectivity index (χ0n) is 22.8. The Hall–Kier alpha value is -1.36. The van der Waals surface area contributed by atoms with E-state index in [9.17, 15) is 0 Å². The van der Waals surface area contributed by atoms with E-state index in [1.807, 2.05) is 6.07 Å². The molecule has 0 fully saturated rings. The minimum Gasteiger partial charge on any atom is -0.437 e. The van der Waals surface area contributed by atoms with Crippen LogP contribution in [0.1, 0.15) is 0 Å². The predicted octanol–water partition coefficient (Wildman–Crippen LogP) is 12.1. The molecule has 1 atom stereocenters. The molecule has 0 spiro atoms. The molecule has 1 aromatic rings. The van der Waals surface area contributed by atoms with Crippen molar-refractivity contribution >= 4 is 38.9 Å². The first-order chi connectivity index (χ1) is 18.7. The molecular formula is C15H33F19O3Si4. The van der Waals surface area contributed by atoms with E-state index in [4.69, 9.17) is 94.7 Å². The molecule has 0 aliphatic rings. The van der Waals surface area contributed by atoms with Crippen molar-refractivity contribution < 1.29 is 99.4 Å². The topological polar surface area (TPSA) is 27.7 Å². The first-order valence-electron chi connectivity index (χ1n) is 9.17. The normalized spacial score (nSPS) is 10.1. The lowest BCUT2D eigenvalue weighted by molar-refractivity contribution is 0.108. The number of rotatable bonds is 7. The lowest BCUT2D eigenvalue weighted by Crippen LogP contribution is -2.62. The van der Waals surface area contributed by atoms with Gasteiger partial charge in [-0.3, -0.25) is 4.70 Å². The van der Waals surface area contributed by atoms with E-state index in [1.54, 1.807) is 0 Å². The van der Waals surface area contributed by atoms with Gasteiger partial charge in [0.1, 0.15) is 0 Å². The molecule has 1 aromatic carbocycles. The molecule has 260 valence electrons. The number of hydrogen-bond donors (Lipinski definition) is 0. The summed E-state index contributed by atoms with van der Waals surface area (Å²) in [5.74, 6) is 0. The van der Waals surface area contributed by atoms with Crippen molar-refractivity contribution in [3.63, 3.8) is 0 Å². The van der Waals surface area contributed by atoms with Gasteiger partial charge in [-0.2, -0.15) is 0 Å². The van der Waals surface area contributed by atoms with Crippen LogP contribution in [-0.4, -0.2) is 33.8 Å². The van der Waals surface area contributed by atoms with Crippen LogP contribution in [0.15, 0.2) is 30.3 Å². The molecule has 0 bridgehead atoms. The third-order valence-electron chi connectivity index (χ3n) is 2.79. The Balaban J connectivity index is -0.0000000538. The van der Waals surface area contributed by atoms with Crippen molar-refractivity contribution in [1.29, 1.82) is 0 Å². The second-order valence-electron chi connectivity index (χ2n) is 8.24. The van der Waals surface area contributed by atoms with Crippen LogP contribution in [0.4, 0.5) is 87.0 Å². The fraction of sp³-hybridized carbons (Fsp3) is 0.600. The van der Waals surface area contributed by atoms with Crippen LogP contribution in [0, 0.1) is 0 Å². The highest BCUT2D eigenvalue weighted by Gasteiger charge is 2.45. The van der Waals surface area contributed by atoms with Gasteiger partial charge in [-0.1, -0.05) is 30.3 Å². The summed E-state index contributed by atoms with van der Waals surface area (Å²) in [5, 5.41) is 1.19. The van der Waals surface area contributed by atoms with Gasteiger partial charge in [0, 0.05) is 82.3 Å². The summed E-state index contributed by atoms with van der Waals surface area (Å²) in [6.45, 7) is 19.8. The molecule has 3 nitrogen and oxygen atoms in total. The Morgan fingerprint density at radius 3 is 0.854 bits per heavy atom. The predicted molar refractivity (Wildman–Crippen MR) is 128 cm³/mol. The highest BCUT2D eigenvalue weighted by Crippen LogP contribution is 2.24. The maximum atomic E-state index is 8.00. The largest absolute Gasteiger partial charge is 0.437 e. The van der Waals surface area contributed by atoms with Gasteiger partial charge in [-0.05, 0) is 64.1 Å². The fourth-order valence-corrected chi connectivity index (χ4v) is 19.8. The van der Waals surface area contributed by atoms with Gasteiger partial charge in [0.2, 0.25) is 0 Å². The number of halogens is 19. The minimum atomic E-state index is -2.48. The molecule has 0 heterocycles. The van der Waals surface area contributed by atoms with Crippen LogP contribution < -0.4 is 5.19 Å². The molecule has 0 aliphatic heterocycles. The SMILES string of the molecule is C[Si](C)(C)O[Si](C)(C)O[Si](C)(O[Si](C)(C)C)c1ccccc1.F.FF.FF.FF.FF.FF.FF.FF.FF.FF. The summed E-state index contributed by atoms with van der Waals surface area (Å²) in [6.07, 6.45) is 0. The third kappa shape index (κ3) is 55.3. The quantitative estimate of drug-likeness (QED) is 0.206. The van der Waals surface area contributed by atoms with Gasteiger partial charge in [0.05, 0.1) is 0 Å². The van der Waals surface area contributed by atoms with Crippen molar-refractivity contribution in [2.45, 2.75) is 58.9 Å². The van der Waals surface area contributed by atoms with Crippen molar-refractivity contribution in [2.24, 2.45) is 0 Å². The summed E-state index contributed by atoms with van der Waals surface area (Å²) < 4.78 is 164. The maximum Gasteiger partial charge on any atom is 0.350 e. The van der Waals surface area contributed by atoms with Gasteiger partial charge in [-0.25, -0.2) is 0 Å². The average molecular weight is 735 g/mol. The first kappa shape index (κ1) is 67.4. The molecule has 41 heavy (non-hydrogen) atoms. The molecular weight excluding hydrogens is 701 g/mol. The van der Waals surface area contributed by atoms with E-state index in [0.29, 0.717) is 0 Å². The summed E-state index contributed by atoms with van der Waals surface area (Å²) in [5.41, 5.74) is 0. The Labute approximate surface area is 228 Å². The van der Waals surface area contributed by atoms with E-state index in [2.05, 4.69) is 83.2 Å². The molecule has 0 aromatic heterocycles. The summed E-state index contributed by atoms with van der Waals surface area (Å²) in [6, 6.07) is 10.4. The van der Waals surface area contributed by atoms with Gasteiger partial charge in [0.15, 0.2) is 16.6 Å². The van der Waals surface area contributed by atoms with Gasteiger partial charge < -0.3 is 12.3 Å². The lowest BCUT2D eigenvalue weighted by Gasteiger charge is -2.41. The minimum absolute atomic E-state index is 0. The van der Waals surface area contributed by atoms with Crippen molar-refractivity contribution in [1.82, 2.24) is 0 Å². The second kappa shape index (κ2) is 48.4. The molecule has 0 N–H and O–H groups in total. The molecule has 0 aliphatic carbocycles. The highest BCUT2D eigenvalue weighted by molar-refractivity contribution is 6.94. The zero-order chi connectivity index (χ0) is 35.2. The van der Waals surface area contributed by atoms with E-state index in [1.165, 1.54) is 5.19 Å². The molecule has 1 unspecified atom stereocenters. The van der Waals surface area contributed by atoms with Crippen LogP contribution in [0.3, 0.4) is 0 Å². The van der Waals surface area contributed by atoms with E-state index >= 15 is 0 Å². The van der Waals surface area contributed by atoms with E-state index < -0.39 is 33.8 Å². The van der Waals surface area contributed by atoms with E-state index in [0.717, 1.165) is 0 Å². The molecule has 0 saturated heterocycles. The van der Waals surface area contributed by atoms with Crippen molar-refractivity contribution in [3.05, 3.63) is 30.3 Å². The van der Waals surface area contributed by atoms with Crippen LogP contribution in [-0.2, 0) is 12.3 Å². The number of hydrogen-bond acceptors (Lipinski definition) is 3. The van der Waals surface area contributed by atoms with Crippen molar-refractivity contribution in [3.8, 4) is 0 Å². The molecule has 0 saturated carbocycles. The highest BCUT2D eigenvalue weighted by atomic mass is 28.5. The maximum absolute atomic E-state index is 8.00. The Bertz CT molecular complexity index is 521. The standard InChI is InChI=1S/C15H32O3Si4.9F2.FH/c1-19(2,3)16-21(7,8)18-22(9,17-20(4,5)6)15-13-11-10-12-14-15;9*1-2;/h10-14H,1-9H3;;;;;;;;;;1H. The molecule has 0 amide bonds. The Kier molecular flexibility index (Phi) is 79.5. The van der Waals surface area contributed by atoms with Gasteiger partial charge in [0.25, 0.3) is 0 Å². The van der Waals surface area contributed by atoms with Crippen LogP contribution in [0.25, 0.3) is 0 Å². The zero-order valence-corrected chi connectivity index (χ0v) is 26.8. The second-order valence-corrected chi connectivity index (χ2v) is 24.4. The molecule has 0 radical (unpaired) electrons. The van der Waals surface area contributed by atoms with E-state index in [-0.39, 0.29) is 4.70 Å². The van der Waals surface area contributed by atoms with Crippen molar-refractivity contribution in [2.75, 3.05) is 0 Å². The Morgan fingerprint density at radius 2 is 0.634 bits per heavy atom. The smallest absolute Gasteiger partial charge is 0.350 e. The lowest BCUT2D eigenvalue weighted by atomic mass is 10.4. The molecule has 26 heteroatoms.